The quantitative estimate of drug-likeness (QED) is 0.884. The molecule has 2 amide bonds. The number of rotatable bonds is 3. The zero-order valence-electron chi connectivity index (χ0n) is 11.3. The molecule has 2 N–H and O–H groups in total. The Morgan fingerprint density at radius 2 is 2.11 bits per heavy atom. The van der Waals surface area contributed by atoms with E-state index < -0.39 is 0 Å². The van der Waals surface area contributed by atoms with Crippen molar-refractivity contribution in [3.8, 4) is 0 Å². The summed E-state index contributed by atoms with van der Waals surface area (Å²) in [5.74, 6) is 0. The lowest BCUT2D eigenvalue weighted by Gasteiger charge is -2.19. The van der Waals surface area contributed by atoms with Gasteiger partial charge in [-0.15, -0.1) is 0 Å². The zero-order valence-corrected chi connectivity index (χ0v) is 11.3. The first kappa shape index (κ1) is 12.9. The molecule has 1 aliphatic rings. The minimum absolute atomic E-state index is 0.0120. The van der Waals surface area contributed by atoms with Crippen molar-refractivity contribution in [1.29, 1.82) is 0 Å². The fourth-order valence-corrected chi connectivity index (χ4v) is 2.53. The summed E-state index contributed by atoms with van der Waals surface area (Å²) in [6.07, 6.45) is 0. The molecule has 0 spiro atoms. The van der Waals surface area contributed by atoms with Crippen molar-refractivity contribution in [3.63, 3.8) is 0 Å². The van der Waals surface area contributed by atoms with Gasteiger partial charge in [-0.25, -0.2) is 4.79 Å². The largest absolute Gasteiger partial charge is 0.326 e. The molecule has 2 rings (SSSR count). The summed E-state index contributed by atoms with van der Waals surface area (Å²) in [6.45, 7) is 5.35. The summed E-state index contributed by atoms with van der Waals surface area (Å²) < 4.78 is 0. The van der Waals surface area contributed by atoms with Crippen molar-refractivity contribution in [2.75, 3.05) is 20.1 Å². The lowest BCUT2D eigenvalue weighted by atomic mass is 10.0. The molecule has 4 heteroatoms. The van der Waals surface area contributed by atoms with Crippen LogP contribution in [0.2, 0.25) is 0 Å². The molecule has 0 aliphatic carbocycles. The first-order chi connectivity index (χ1) is 8.50. The number of amides is 2. The Bertz CT molecular complexity index is 444. The second-order valence-corrected chi connectivity index (χ2v) is 5.15. The maximum atomic E-state index is 12.1. The van der Waals surface area contributed by atoms with E-state index in [-0.39, 0.29) is 18.1 Å². The predicted molar refractivity (Wildman–Crippen MR) is 72.3 cm³/mol. The highest BCUT2D eigenvalue weighted by atomic mass is 16.2. The number of carbonyl (C=O) groups excluding carboxylic acids is 1. The van der Waals surface area contributed by atoms with Gasteiger partial charge in [0, 0.05) is 26.2 Å². The standard InChI is InChI=1S/C14H21N3O/c1-10-6-4-5-7-12(10)13-9-17(8-11(2)15)14(18)16(13)3/h4-7,11,13H,8-9,15H2,1-3H3. The van der Waals surface area contributed by atoms with Gasteiger partial charge >= 0.3 is 6.03 Å². The number of likely N-dealkylation sites (N-methyl/N-ethyl adjacent to an activating group) is 1. The minimum atomic E-state index is 0.0120. The molecule has 1 aliphatic heterocycles. The predicted octanol–water partition coefficient (Wildman–Crippen LogP) is 1.75. The molecular formula is C14H21N3O. The van der Waals surface area contributed by atoms with Gasteiger partial charge in [0.25, 0.3) is 0 Å². The van der Waals surface area contributed by atoms with Gasteiger partial charge < -0.3 is 15.5 Å². The van der Waals surface area contributed by atoms with Gasteiger partial charge in [0.2, 0.25) is 0 Å². The van der Waals surface area contributed by atoms with E-state index in [2.05, 4.69) is 19.1 Å². The van der Waals surface area contributed by atoms with Gasteiger partial charge in [-0.2, -0.15) is 0 Å². The molecule has 0 aromatic heterocycles. The van der Waals surface area contributed by atoms with Crippen LogP contribution in [0.1, 0.15) is 24.1 Å². The number of hydrogen-bond acceptors (Lipinski definition) is 2. The number of benzene rings is 1. The zero-order chi connectivity index (χ0) is 13.3. The van der Waals surface area contributed by atoms with Crippen LogP contribution in [0, 0.1) is 6.92 Å². The lowest BCUT2D eigenvalue weighted by Crippen LogP contribution is -2.38. The summed E-state index contributed by atoms with van der Waals surface area (Å²) >= 11 is 0. The fourth-order valence-electron chi connectivity index (χ4n) is 2.53. The van der Waals surface area contributed by atoms with Crippen molar-refractivity contribution in [3.05, 3.63) is 35.4 Å². The highest BCUT2D eigenvalue weighted by molar-refractivity contribution is 5.77. The summed E-state index contributed by atoms with van der Waals surface area (Å²) in [6, 6.07) is 8.45. The van der Waals surface area contributed by atoms with E-state index >= 15 is 0 Å². The van der Waals surface area contributed by atoms with Crippen molar-refractivity contribution >= 4 is 6.03 Å². The third-order valence-corrected chi connectivity index (χ3v) is 3.49. The van der Waals surface area contributed by atoms with Crippen LogP contribution in [0.3, 0.4) is 0 Å². The summed E-state index contributed by atoms with van der Waals surface area (Å²) in [5, 5.41) is 0. The molecule has 0 bridgehead atoms. The van der Waals surface area contributed by atoms with Gasteiger partial charge in [0.15, 0.2) is 0 Å². The number of hydrogen-bond donors (Lipinski definition) is 1. The number of nitrogens with zero attached hydrogens (tertiary/aromatic N) is 2. The van der Waals surface area contributed by atoms with Crippen LogP contribution in [-0.2, 0) is 0 Å². The summed E-state index contributed by atoms with van der Waals surface area (Å²) in [7, 11) is 1.86. The number of urea groups is 1. The Hall–Kier alpha value is -1.55. The van der Waals surface area contributed by atoms with E-state index in [0.717, 1.165) is 6.54 Å². The second kappa shape index (κ2) is 4.98. The first-order valence-corrected chi connectivity index (χ1v) is 6.33. The van der Waals surface area contributed by atoms with Gasteiger partial charge in [-0.05, 0) is 25.0 Å². The monoisotopic (exact) mass is 247 g/mol. The van der Waals surface area contributed by atoms with Crippen LogP contribution in [-0.4, -0.2) is 42.0 Å². The number of nitrogens with two attached hydrogens (primary N) is 1. The molecule has 1 fully saturated rings. The average Bonchev–Trinajstić information content (AvgIpc) is 2.58. The normalized spacial score (nSPS) is 21.6. The minimum Gasteiger partial charge on any atom is -0.326 e. The fraction of sp³-hybridized carbons (Fsp3) is 0.500. The Morgan fingerprint density at radius 3 is 2.72 bits per heavy atom. The van der Waals surface area contributed by atoms with Crippen molar-refractivity contribution in [2.45, 2.75) is 25.9 Å². The van der Waals surface area contributed by atoms with E-state index in [0.29, 0.717) is 6.54 Å². The van der Waals surface area contributed by atoms with Crippen molar-refractivity contribution in [1.82, 2.24) is 9.80 Å². The van der Waals surface area contributed by atoms with E-state index in [1.165, 1.54) is 11.1 Å². The van der Waals surface area contributed by atoms with Crippen LogP contribution in [0.15, 0.2) is 24.3 Å². The van der Waals surface area contributed by atoms with E-state index in [4.69, 9.17) is 5.73 Å². The number of aryl methyl sites for hydroxylation is 1. The SMILES string of the molecule is Cc1ccccc1C1CN(CC(C)N)C(=O)N1C. The topological polar surface area (TPSA) is 49.6 Å². The lowest BCUT2D eigenvalue weighted by molar-refractivity contribution is 0.194. The highest BCUT2D eigenvalue weighted by Gasteiger charge is 2.36. The molecule has 98 valence electrons. The van der Waals surface area contributed by atoms with Gasteiger partial charge in [-0.3, -0.25) is 0 Å². The van der Waals surface area contributed by atoms with Crippen LogP contribution >= 0.6 is 0 Å². The molecule has 1 aromatic carbocycles. The average molecular weight is 247 g/mol. The molecule has 18 heavy (non-hydrogen) atoms. The van der Waals surface area contributed by atoms with Crippen LogP contribution < -0.4 is 5.73 Å². The van der Waals surface area contributed by atoms with Crippen LogP contribution in [0.5, 0.6) is 0 Å². The highest BCUT2D eigenvalue weighted by Crippen LogP contribution is 2.29. The molecular weight excluding hydrogens is 226 g/mol. The van der Waals surface area contributed by atoms with Gasteiger partial charge in [-0.1, -0.05) is 24.3 Å². The van der Waals surface area contributed by atoms with Crippen molar-refractivity contribution < 1.29 is 4.79 Å². The Kier molecular flexibility index (Phi) is 3.57. The Balaban J connectivity index is 2.21. The van der Waals surface area contributed by atoms with Crippen LogP contribution in [0.25, 0.3) is 0 Å². The third-order valence-electron chi connectivity index (χ3n) is 3.49. The van der Waals surface area contributed by atoms with Gasteiger partial charge in [0.05, 0.1) is 6.04 Å². The van der Waals surface area contributed by atoms with E-state index in [1.54, 1.807) is 0 Å². The molecule has 1 saturated heterocycles. The van der Waals surface area contributed by atoms with Crippen molar-refractivity contribution in [2.24, 2.45) is 5.73 Å². The molecule has 2 atom stereocenters. The molecule has 0 radical (unpaired) electrons. The Labute approximate surface area is 108 Å². The summed E-state index contributed by atoms with van der Waals surface area (Å²) in [5.41, 5.74) is 8.23. The van der Waals surface area contributed by atoms with Crippen LogP contribution in [0.4, 0.5) is 4.79 Å². The number of carbonyl (C=O) groups is 1. The molecule has 4 nitrogen and oxygen atoms in total. The Morgan fingerprint density at radius 1 is 1.44 bits per heavy atom. The molecule has 0 saturated carbocycles. The van der Waals surface area contributed by atoms with E-state index in [1.807, 2.05) is 35.9 Å². The maximum Gasteiger partial charge on any atom is 0.320 e. The molecule has 1 aromatic rings. The second-order valence-electron chi connectivity index (χ2n) is 5.15. The smallest absolute Gasteiger partial charge is 0.320 e. The third kappa shape index (κ3) is 2.34. The molecule has 1 heterocycles. The first-order valence-electron chi connectivity index (χ1n) is 6.33. The maximum absolute atomic E-state index is 12.1. The van der Waals surface area contributed by atoms with E-state index in [9.17, 15) is 4.79 Å². The van der Waals surface area contributed by atoms with Gasteiger partial charge in [0.1, 0.15) is 0 Å². The summed E-state index contributed by atoms with van der Waals surface area (Å²) in [4.78, 5) is 15.8. The molecule has 2 unspecified atom stereocenters.